The predicted octanol–water partition coefficient (Wildman–Crippen LogP) is 1.66. The molecule has 5 nitrogen and oxygen atoms in total. The highest BCUT2D eigenvalue weighted by atomic mass is 16.5. The van der Waals surface area contributed by atoms with Gasteiger partial charge in [-0.15, -0.1) is 0 Å². The molecule has 1 aliphatic carbocycles. The average Bonchev–Trinajstić information content (AvgIpc) is 2.93. The molecule has 1 aliphatic rings. The molecule has 1 fully saturated rings. The fraction of sp³-hybridized carbons (Fsp3) is 0.562. The molecule has 116 valence electrons. The third-order valence-electron chi connectivity index (χ3n) is 3.95. The number of carbonyl (C=O) groups excluding carboxylic acids is 1. The van der Waals surface area contributed by atoms with E-state index in [1.165, 1.54) is 0 Å². The van der Waals surface area contributed by atoms with Gasteiger partial charge in [0.05, 0.1) is 13.7 Å². The van der Waals surface area contributed by atoms with Gasteiger partial charge in [0.25, 0.3) is 0 Å². The molecule has 0 heterocycles. The Bertz CT molecular complexity index is 478. The van der Waals surface area contributed by atoms with Gasteiger partial charge in [-0.3, -0.25) is 4.79 Å². The van der Waals surface area contributed by atoms with Gasteiger partial charge >= 0.3 is 0 Å². The van der Waals surface area contributed by atoms with Crippen molar-refractivity contribution in [3.63, 3.8) is 0 Å². The molecule has 2 atom stereocenters. The quantitative estimate of drug-likeness (QED) is 0.866. The minimum Gasteiger partial charge on any atom is -0.493 e. The van der Waals surface area contributed by atoms with Crippen LogP contribution < -0.4 is 15.2 Å². The Balaban J connectivity index is 1.78. The third kappa shape index (κ3) is 4.11. The zero-order chi connectivity index (χ0) is 15.2. The lowest BCUT2D eigenvalue weighted by atomic mass is 10.1. The summed E-state index contributed by atoms with van der Waals surface area (Å²) in [6.07, 6.45) is 2.65. The molecule has 0 aromatic heterocycles. The first kappa shape index (κ1) is 15.6. The zero-order valence-corrected chi connectivity index (χ0v) is 12.7. The van der Waals surface area contributed by atoms with Gasteiger partial charge in [0.2, 0.25) is 5.91 Å². The lowest BCUT2D eigenvalue weighted by Gasteiger charge is -2.21. The van der Waals surface area contributed by atoms with E-state index in [4.69, 9.17) is 15.2 Å². The van der Waals surface area contributed by atoms with E-state index in [0.717, 1.165) is 19.3 Å². The monoisotopic (exact) mass is 292 g/mol. The number of benzene rings is 1. The summed E-state index contributed by atoms with van der Waals surface area (Å²) in [5.41, 5.74) is 5.86. The highest BCUT2D eigenvalue weighted by Crippen LogP contribution is 2.27. The fourth-order valence-corrected chi connectivity index (χ4v) is 2.69. The molecule has 5 heteroatoms. The summed E-state index contributed by atoms with van der Waals surface area (Å²) in [7, 11) is 3.43. The SMILES string of the molecule is COc1ccccc1OCCN(C)C(=O)[C@H]1CC[C@@H](N)C1. The van der Waals surface area contributed by atoms with Crippen LogP contribution in [0.25, 0.3) is 0 Å². The number of para-hydroxylation sites is 2. The standard InChI is InChI=1S/C16H24N2O3/c1-18(16(19)12-7-8-13(17)11-12)9-10-21-15-6-4-3-5-14(15)20-2/h3-6,12-13H,7-11,17H2,1-2H3/t12-,13+/m0/s1. The van der Waals surface area contributed by atoms with Crippen LogP contribution in [-0.4, -0.2) is 44.2 Å². The Morgan fingerprint density at radius 1 is 1.33 bits per heavy atom. The summed E-state index contributed by atoms with van der Waals surface area (Å²) in [4.78, 5) is 14.0. The minimum absolute atomic E-state index is 0.0799. The van der Waals surface area contributed by atoms with E-state index in [-0.39, 0.29) is 17.9 Å². The fourth-order valence-electron chi connectivity index (χ4n) is 2.69. The van der Waals surface area contributed by atoms with Crippen molar-refractivity contribution in [3.05, 3.63) is 24.3 Å². The molecule has 2 N–H and O–H groups in total. The smallest absolute Gasteiger partial charge is 0.225 e. The summed E-state index contributed by atoms with van der Waals surface area (Å²) in [6, 6.07) is 7.68. The van der Waals surface area contributed by atoms with Crippen LogP contribution in [0.4, 0.5) is 0 Å². The van der Waals surface area contributed by atoms with Crippen LogP contribution in [0.2, 0.25) is 0 Å². The van der Waals surface area contributed by atoms with Gasteiger partial charge in [0, 0.05) is 19.0 Å². The number of ether oxygens (including phenoxy) is 2. The lowest BCUT2D eigenvalue weighted by Crippen LogP contribution is -2.35. The summed E-state index contributed by atoms with van der Waals surface area (Å²) >= 11 is 0. The second-order valence-electron chi connectivity index (χ2n) is 5.53. The van der Waals surface area contributed by atoms with Gasteiger partial charge in [-0.05, 0) is 31.4 Å². The number of likely N-dealkylation sites (N-methyl/N-ethyl adjacent to an activating group) is 1. The number of rotatable bonds is 6. The molecular weight excluding hydrogens is 268 g/mol. The number of nitrogens with zero attached hydrogens (tertiary/aromatic N) is 1. The first-order valence-electron chi connectivity index (χ1n) is 7.38. The average molecular weight is 292 g/mol. The molecule has 0 saturated heterocycles. The van der Waals surface area contributed by atoms with Crippen molar-refractivity contribution in [2.75, 3.05) is 27.3 Å². The molecule has 21 heavy (non-hydrogen) atoms. The van der Waals surface area contributed by atoms with E-state index < -0.39 is 0 Å². The number of carbonyl (C=O) groups is 1. The van der Waals surface area contributed by atoms with Gasteiger partial charge < -0.3 is 20.1 Å². The van der Waals surface area contributed by atoms with E-state index in [9.17, 15) is 4.79 Å². The lowest BCUT2D eigenvalue weighted by molar-refractivity contribution is -0.134. The summed E-state index contributed by atoms with van der Waals surface area (Å²) in [5.74, 6) is 1.65. The maximum atomic E-state index is 12.2. The van der Waals surface area contributed by atoms with Crippen molar-refractivity contribution in [2.24, 2.45) is 11.7 Å². The van der Waals surface area contributed by atoms with Gasteiger partial charge in [-0.2, -0.15) is 0 Å². The number of amides is 1. The molecule has 1 saturated carbocycles. The normalized spacial score (nSPS) is 21.1. The van der Waals surface area contributed by atoms with E-state index >= 15 is 0 Å². The van der Waals surface area contributed by atoms with Gasteiger partial charge in [0.15, 0.2) is 11.5 Å². The van der Waals surface area contributed by atoms with Gasteiger partial charge in [0.1, 0.15) is 6.61 Å². The number of hydrogen-bond donors (Lipinski definition) is 1. The van der Waals surface area contributed by atoms with Crippen LogP contribution >= 0.6 is 0 Å². The molecular formula is C16H24N2O3. The van der Waals surface area contributed by atoms with Crippen LogP contribution in [0.15, 0.2) is 24.3 Å². The molecule has 0 radical (unpaired) electrons. The zero-order valence-electron chi connectivity index (χ0n) is 12.7. The predicted molar refractivity (Wildman–Crippen MR) is 81.4 cm³/mol. The Hall–Kier alpha value is -1.75. The van der Waals surface area contributed by atoms with E-state index in [1.54, 1.807) is 12.0 Å². The second-order valence-corrected chi connectivity index (χ2v) is 5.53. The Morgan fingerprint density at radius 2 is 2.05 bits per heavy atom. The molecule has 1 amide bonds. The second kappa shape index (κ2) is 7.31. The topological polar surface area (TPSA) is 64.8 Å². The number of hydrogen-bond acceptors (Lipinski definition) is 4. The van der Waals surface area contributed by atoms with Crippen molar-refractivity contribution in [1.82, 2.24) is 4.90 Å². The van der Waals surface area contributed by atoms with Crippen LogP contribution in [0.5, 0.6) is 11.5 Å². The Labute approximate surface area is 126 Å². The largest absolute Gasteiger partial charge is 0.493 e. The number of nitrogens with two attached hydrogens (primary N) is 1. The van der Waals surface area contributed by atoms with Crippen molar-refractivity contribution < 1.29 is 14.3 Å². The summed E-state index contributed by atoms with van der Waals surface area (Å²) < 4.78 is 10.9. The highest BCUT2D eigenvalue weighted by molar-refractivity contribution is 5.78. The first-order valence-corrected chi connectivity index (χ1v) is 7.38. The minimum atomic E-state index is 0.0799. The van der Waals surface area contributed by atoms with Crippen molar-refractivity contribution in [3.8, 4) is 11.5 Å². The van der Waals surface area contributed by atoms with E-state index in [0.29, 0.717) is 24.7 Å². The third-order valence-corrected chi connectivity index (χ3v) is 3.95. The summed E-state index contributed by atoms with van der Waals surface area (Å²) in [5, 5.41) is 0. The number of methoxy groups -OCH3 is 1. The van der Waals surface area contributed by atoms with Crippen molar-refractivity contribution in [1.29, 1.82) is 0 Å². The molecule has 1 aromatic carbocycles. The molecule has 0 unspecified atom stereocenters. The van der Waals surface area contributed by atoms with Crippen molar-refractivity contribution >= 4 is 5.91 Å². The molecule has 1 aromatic rings. The van der Waals surface area contributed by atoms with Crippen LogP contribution in [0, 0.1) is 5.92 Å². The van der Waals surface area contributed by atoms with E-state index in [2.05, 4.69) is 0 Å². The van der Waals surface area contributed by atoms with Crippen LogP contribution in [0.3, 0.4) is 0 Å². The highest BCUT2D eigenvalue weighted by Gasteiger charge is 2.29. The molecule has 0 bridgehead atoms. The molecule has 0 spiro atoms. The van der Waals surface area contributed by atoms with Gasteiger partial charge in [-0.1, -0.05) is 12.1 Å². The van der Waals surface area contributed by atoms with Crippen LogP contribution in [-0.2, 0) is 4.79 Å². The van der Waals surface area contributed by atoms with Crippen molar-refractivity contribution in [2.45, 2.75) is 25.3 Å². The maximum absolute atomic E-state index is 12.2. The first-order chi connectivity index (χ1) is 10.1. The molecule has 2 rings (SSSR count). The van der Waals surface area contributed by atoms with Gasteiger partial charge in [-0.25, -0.2) is 0 Å². The summed E-state index contributed by atoms with van der Waals surface area (Å²) in [6.45, 7) is 1.00. The maximum Gasteiger partial charge on any atom is 0.225 e. The van der Waals surface area contributed by atoms with Crippen LogP contribution in [0.1, 0.15) is 19.3 Å². The Morgan fingerprint density at radius 3 is 2.67 bits per heavy atom. The Kier molecular flexibility index (Phi) is 5.44. The molecule has 0 aliphatic heterocycles. The van der Waals surface area contributed by atoms with E-state index in [1.807, 2.05) is 31.3 Å².